The summed E-state index contributed by atoms with van der Waals surface area (Å²) >= 11 is 0. The average Bonchev–Trinajstić information content (AvgIpc) is 2.12. The molecule has 0 bridgehead atoms. The molecular weight excluding hydrogens is 152 g/mol. The van der Waals surface area contributed by atoms with Crippen molar-refractivity contribution < 1.29 is 4.79 Å². The molecule has 1 atom stereocenters. The summed E-state index contributed by atoms with van der Waals surface area (Å²) in [6.07, 6.45) is 1.58. The molecule has 0 saturated heterocycles. The molecule has 0 aliphatic heterocycles. The van der Waals surface area contributed by atoms with E-state index in [2.05, 4.69) is 6.92 Å². The van der Waals surface area contributed by atoms with Crippen molar-refractivity contribution in [3.05, 3.63) is 0 Å². The molecule has 3 heteroatoms. The predicted octanol–water partition coefficient (Wildman–Crippen LogP) is 0.840. The number of nitrogens with zero attached hydrogens (tertiary/aromatic N) is 1. The summed E-state index contributed by atoms with van der Waals surface area (Å²) in [6, 6.07) is 0. The highest BCUT2D eigenvalue weighted by molar-refractivity contribution is 5.76. The van der Waals surface area contributed by atoms with Gasteiger partial charge in [0.05, 0.1) is 0 Å². The lowest BCUT2D eigenvalue weighted by Gasteiger charge is -2.18. The molecule has 0 radical (unpaired) electrons. The number of carbonyl (C=O) groups excluding carboxylic acids is 1. The first kappa shape index (κ1) is 11.4. The Balaban J connectivity index is 3.81. The number of hydrogen-bond acceptors (Lipinski definition) is 2. The van der Waals surface area contributed by atoms with Crippen molar-refractivity contribution >= 4 is 5.91 Å². The highest BCUT2D eigenvalue weighted by Gasteiger charge is 2.12. The lowest BCUT2D eigenvalue weighted by Crippen LogP contribution is -2.29. The van der Waals surface area contributed by atoms with Gasteiger partial charge in [0.25, 0.3) is 0 Å². The summed E-state index contributed by atoms with van der Waals surface area (Å²) < 4.78 is 0. The van der Waals surface area contributed by atoms with Crippen LogP contribution in [0.5, 0.6) is 0 Å². The molecule has 12 heavy (non-hydrogen) atoms. The quantitative estimate of drug-likeness (QED) is 0.668. The molecule has 0 heterocycles. The largest absolute Gasteiger partial charge is 0.346 e. The Bertz CT molecular complexity index is 132. The van der Waals surface area contributed by atoms with Crippen LogP contribution in [0.25, 0.3) is 0 Å². The first-order chi connectivity index (χ1) is 5.65. The number of rotatable bonds is 5. The fourth-order valence-electron chi connectivity index (χ4n) is 0.973. The van der Waals surface area contributed by atoms with Crippen LogP contribution in [-0.2, 0) is 4.79 Å². The van der Waals surface area contributed by atoms with Crippen molar-refractivity contribution in [1.82, 2.24) is 4.90 Å². The van der Waals surface area contributed by atoms with Crippen molar-refractivity contribution in [2.24, 2.45) is 11.7 Å². The monoisotopic (exact) mass is 172 g/mol. The van der Waals surface area contributed by atoms with Crippen molar-refractivity contribution in [2.45, 2.75) is 26.7 Å². The third-order valence-corrected chi connectivity index (χ3v) is 2.27. The van der Waals surface area contributed by atoms with E-state index in [0.717, 1.165) is 13.0 Å². The number of nitrogens with two attached hydrogens (primary N) is 1. The van der Waals surface area contributed by atoms with Crippen LogP contribution in [0.3, 0.4) is 0 Å². The van der Waals surface area contributed by atoms with Crippen molar-refractivity contribution in [3.8, 4) is 0 Å². The minimum atomic E-state index is 0.204. The summed E-state index contributed by atoms with van der Waals surface area (Å²) in [6.45, 7) is 5.43. The molecule has 0 saturated carbocycles. The Kier molecular flexibility index (Phi) is 5.72. The highest BCUT2D eigenvalue weighted by Crippen LogP contribution is 2.07. The van der Waals surface area contributed by atoms with Gasteiger partial charge < -0.3 is 10.6 Å². The molecule has 1 amide bonds. The molecule has 72 valence electrons. The van der Waals surface area contributed by atoms with Gasteiger partial charge in [0, 0.05) is 20.0 Å². The molecule has 0 aromatic rings. The lowest BCUT2D eigenvalue weighted by molar-refractivity contribution is -0.130. The molecule has 0 rings (SSSR count). The first-order valence-electron chi connectivity index (χ1n) is 4.59. The predicted molar refractivity (Wildman–Crippen MR) is 50.8 cm³/mol. The van der Waals surface area contributed by atoms with Crippen LogP contribution < -0.4 is 5.73 Å². The van der Waals surface area contributed by atoms with Gasteiger partial charge in [-0.2, -0.15) is 0 Å². The van der Waals surface area contributed by atoms with Crippen molar-refractivity contribution in [1.29, 1.82) is 0 Å². The van der Waals surface area contributed by atoms with E-state index in [1.54, 1.807) is 4.90 Å². The fourth-order valence-corrected chi connectivity index (χ4v) is 0.973. The SMILES string of the molecule is CCC(CN)CC(=O)N(C)CC. The molecule has 0 aliphatic rings. The van der Waals surface area contributed by atoms with Gasteiger partial charge in [-0.1, -0.05) is 13.3 Å². The zero-order valence-corrected chi connectivity index (χ0v) is 8.34. The van der Waals surface area contributed by atoms with E-state index in [0.29, 0.717) is 18.9 Å². The second-order valence-electron chi connectivity index (χ2n) is 3.12. The number of hydrogen-bond donors (Lipinski definition) is 1. The smallest absolute Gasteiger partial charge is 0.222 e. The van der Waals surface area contributed by atoms with Crippen molar-refractivity contribution in [3.63, 3.8) is 0 Å². The Hall–Kier alpha value is -0.570. The summed E-state index contributed by atoms with van der Waals surface area (Å²) in [4.78, 5) is 13.1. The van der Waals surface area contributed by atoms with E-state index in [-0.39, 0.29) is 5.91 Å². The van der Waals surface area contributed by atoms with Gasteiger partial charge in [0.1, 0.15) is 0 Å². The standard InChI is InChI=1S/C9H20N2O/c1-4-8(7-10)6-9(12)11(3)5-2/h8H,4-7,10H2,1-3H3. The van der Waals surface area contributed by atoms with Crippen LogP contribution in [-0.4, -0.2) is 30.9 Å². The van der Waals surface area contributed by atoms with Gasteiger partial charge in [0.15, 0.2) is 0 Å². The van der Waals surface area contributed by atoms with Gasteiger partial charge >= 0.3 is 0 Å². The van der Waals surface area contributed by atoms with E-state index >= 15 is 0 Å². The van der Waals surface area contributed by atoms with Crippen molar-refractivity contribution in [2.75, 3.05) is 20.1 Å². The topological polar surface area (TPSA) is 46.3 Å². The van der Waals surface area contributed by atoms with Crippen LogP contribution in [0.1, 0.15) is 26.7 Å². The molecular formula is C9H20N2O. The third-order valence-electron chi connectivity index (χ3n) is 2.27. The summed E-state index contributed by atoms with van der Waals surface area (Å²) in [5, 5.41) is 0. The van der Waals surface area contributed by atoms with Crippen LogP contribution >= 0.6 is 0 Å². The minimum Gasteiger partial charge on any atom is -0.346 e. The molecule has 0 aromatic heterocycles. The Morgan fingerprint density at radius 2 is 2.08 bits per heavy atom. The molecule has 1 unspecified atom stereocenters. The zero-order valence-electron chi connectivity index (χ0n) is 8.34. The second-order valence-corrected chi connectivity index (χ2v) is 3.12. The first-order valence-corrected chi connectivity index (χ1v) is 4.59. The van der Waals surface area contributed by atoms with Gasteiger partial charge in [-0.3, -0.25) is 4.79 Å². The van der Waals surface area contributed by atoms with Gasteiger partial charge in [-0.25, -0.2) is 0 Å². The fraction of sp³-hybridized carbons (Fsp3) is 0.889. The molecule has 0 fully saturated rings. The average molecular weight is 172 g/mol. The maximum atomic E-state index is 11.4. The minimum absolute atomic E-state index is 0.204. The Morgan fingerprint density at radius 3 is 2.42 bits per heavy atom. The maximum Gasteiger partial charge on any atom is 0.222 e. The molecule has 0 spiro atoms. The van der Waals surface area contributed by atoms with Gasteiger partial charge in [0.2, 0.25) is 5.91 Å². The van der Waals surface area contributed by atoms with Crippen LogP contribution in [0.4, 0.5) is 0 Å². The van der Waals surface area contributed by atoms with Gasteiger partial charge in [-0.15, -0.1) is 0 Å². The summed E-state index contributed by atoms with van der Waals surface area (Å²) in [5.74, 6) is 0.557. The summed E-state index contributed by atoms with van der Waals surface area (Å²) in [5.41, 5.74) is 5.50. The molecule has 2 N–H and O–H groups in total. The van der Waals surface area contributed by atoms with Gasteiger partial charge in [-0.05, 0) is 19.4 Å². The molecule has 0 aliphatic carbocycles. The van der Waals surface area contributed by atoms with Crippen LogP contribution in [0.15, 0.2) is 0 Å². The highest BCUT2D eigenvalue weighted by atomic mass is 16.2. The second kappa shape index (κ2) is 6.00. The summed E-state index contributed by atoms with van der Waals surface area (Å²) in [7, 11) is 1.82. The normalized spacial score (nSPS) is 12.7. The van der Waals surface area contributed by atoms with E-state index in [9.17, 15) is 4.79 Å². The lowest BCUT2D eigenvalue weighted by atomic mass is 10.0. The van der Waals surface area contributed by atoms with E-state index in [1.807, 2.05) is 14.0 Å². The third kappa shape index (κ3) is 3.72. The zero-order chi connectivity index (χ0) is 9.56. The Morgan fingerprint density at radius 1 is 1.50 bits per heavy atom. The van der Waals surface area contributed by atoms with E-state index < -0.39 is 0 Å². The maximum absolute atomic E-state index is 11.4. The van der Waals surface area contributed by atoms with Crippen LogP contribution in [0, 0.1) is 5.92 Å². The number of amides is 1. The van der Waals surface area contributed by atoms with Crippen LogP contribution in [0.2, 0.25) is 0 Å². The Labute approximate surface area is 74.9 Å². The number of carbonyl (C=O) groups is 1. The molecule has 0 aromatic carbocycles. The molecule has 3 nitrogen and oxygen atoms in total. The van der Waals surface area contributed by atoms with E-state index in [4.69, 9.17) is 5.73 Å². The van der Waals surface area contributed by atoms with E-state index in [1.165, 1.54) is 0 Å².